The van der Waals surface area contributed by atoms with Gasteiger partial charge in [-0.15, -0.1) is 0 Å². The standard InChI is InChI=1S/C14H30N2/c1-5-10-15-13(6-2)11-16-12(4)8-9-14(16)7-3/h12-15H,5-11H2,1-4H3. The highest BCUT2D eigenvalue weighted by Crippen LogP contribution is 2.26. The Hall–Kier alpha value is -0.0800. The van der Waals surface area contributed by atoms with E-state index in [1.54, 1.807) is 0 Å². The molecule has 2 heteroatoms. The summed E-state index contributed by atoms with van der Waals surface area (Å²) in [5, 5.41) is 3.67. The Balaban J connectivity index is 2.42. The fourth-order valence-corrected chi connectivity index (χ4v) is 2.83. The molecule has 0 amide bonds. The normalized spacial score (nSPS) is 28.5. The van der Waals surface area contributed by atoms with Crippen LogP contribution in [0.15, 0.2) is 0 Å². The van der Waals surface area contributed by atoms with Crippen LogP contribution in [0.5, 0.6) is 0 Å². The Morgan fingerprint density at radius 2 is 2.00 bits per heavy atom. The number of hydrogen-bond acceptors (Lipinski definition) is 2. The fourth-order valence-electron chi connectivity index (χ4n) is 2.83. The Morgan fingerprint density at radius 3 is 2.56 bits per heavy atom. The molecule has 2 nitrogen and oxygen atoms in total. The van der Waals surface area contributed by atoms with Crippen LogP contribution in [-0.2, 0) is 0 Å². The van der Waals surface area contributed by atoms with E-state index in [2.05, 4.69) is 37.9 Å². The van der Waals surface area contributed by atoms with E-state index in [0.29, 0.717) is 6.04 Å². The van der Waals surface area contributed by atoms with Gasteiger partial charge in [-0.1, -0.05) is 20.8 Å². The summed E-state index contributed by atoms with van der Waals surface area (Å²) < 4.78 is 0. The average molecular weight is 226 g/mol. The number of nitrogens with one attached hydrogen (secondary N) is 1. The van der Waals surface area contributed by atoms with E-state index in [0.717, 1.165) is 18.6 Å². The second kappa shape index (κ2) is 7.29. The lowest BCUT2D eigenvalue weighted by atomic mass is 10.1. The minimum atomic E-state index is 0.689. The summed E-state index contributed by atoms with van der Waals surface area (Å²) in [5.41, 5.74) is 0. The van der Waals surface area contributed by atoms with Gasteiger partial charge in [0.2, 0.25) is 0 Å². The SMILES string of the molecule is CCCNC(CC)CN1C(C)CCC1CC. The van der Waals surface area contributed by atoms with E-state index >= 15 is 0 Å². The first-order valence-corrected chi connectivity index (χ1v) is 7.21. The third-order valence-corrected chi connectivity index (χ3v) is 4.03. The van der Waals surface area contributed by atoms with E-state index in [-0.39, 0.29) is 0 Å². The molecule has 0 aromatic heterocycles. The van der Waals surface area contributed by atoms with Crippen LogP contribution in [0, 0.1) is 0 Å². The van der Waals surface area contributed by atoms with Gasteiger partial charge in [-0.25, -0.2) is 0 Å². The van der Waals surface area contributed by atoms with E-state index in [1.165, 1.54) is 38.6 Å². The van der Waals surface area contributed by atoms with Crippen molar-refractivity contribution in [3.8, 4) is 0 Å². The zero-order valence-electron chi connectivity index (χ0n) is 11.6. The van der Waals surface area contributed by atoms with Crippen LogP contribution in [0.25, 0.3) is 0 Å². The molecule has 3 atom stereocenters. The van der Waals surface area contributed by atoms with Gasteiger partial charge in [-0.05, 0) is 45.6 Å². The molecule has 0 aromatic rings. The van der Waals surface area contributed by atoms with Crippen LogP contribution in [0.1, 0.15) is 59.8 Å². The quantitative estimate of drug-likeness (QED) is 0.718. The molecule has 1 aliphatic heterocycles. The van der Waals surface area contributed by atoms with Gasteiger partial charge in [0, 0.05) is 24.7 Å². The van der Waals surface area contributed by atoms with Gasteiger partial charge in [-0.2, -0.15) is 0 Å². The maximum absolute atomic E-state index is 3.67. The summed E-state index contributed by atoms with van der Waals surface area (Å²) >= 11 is 0. The van der Waals surface area contributed by atoms with Gasteiger partial charge in [0.15, 0.2) is 0 Å². The Bertz CT molecular complexity index is 182. The van der Waals surface area contributed by atoms with Crippen molar-refractivity contribution in [2.45, 2.75) is 77.9 Å². The number of rotatable bonds is 7. The molecule has 1 N–H and O–H groups in total. The molecule has 16 heavy (non-hydrogen) atoms. The van der Waals surface area contributed by atoms with Crippen LogP contribution >= 0.6 is 0 Å². The number of likely N-dealkylation sites (tertiary alicyclic amines) is 1. The monoisotopic (exact) mass is 226 g/mol. The molecule has 0 spiro atoms. The lowest BCUT2D eigenvalue weighted by molar-refractivity contribution is 0.175. The van der Waals surface area contributed by atoms with Crippen molar-refractivity contribution in [2.24, 2.45) is 0 Å². The van der Waals surface area contributed by atoms with Crippen molar-refractivity contribution in [1.82, 2.24) is 10.2 Å². The molecule has 0 bridgehead atoms. The summed E-state index contributed by atoms with van der Waals surface area (Å²) in [4.78, 5) is 2.73. The first-order valence-electron chi connectivity index (χ1n) is 7.21. The Morgan fingerprint density at radius 1 is 1.25 bits per heavy atom. The summed E-state index contributed by atoms with van der Waals surface area (Å²) in [5.74, 6) is 0. The summed E-state index contributed by atoms with van der Waals surface area (Å²) in [6.07, 6.45) is 6.60. The molecule has 1 heterocycles. The van der Waals surface area contributed by atoms with Crippen molar-refractivity contribution in [2.75, 3.05) is 13.1 Å². The molecule has 1 rings (SSSR count). The second-order valence-corrected chi connectivity index (χ2v) is 5.24. The maximum Gasteiger partial charge on any atom is 0.0192 e. The van der Waals surface area contributed by atoms with E-state index < -0.39 is 0 Å². The lowest BCUT2D eigenvalue weighted by Gasteiger charge is -2.31. The van der Waals surface area contributed by atoms with Gasteiger partial charge in [0.25, 0.3) is 0 Å². The van der Waals surface area contributed by atoms with E-state index in [1.807, 2.05) is 0 Å². The van der Waals surface area contributed by atoms with Crippen LogP contribution < -0.4 is 5.32 Å². The molecule has 0 aliphatic carbocycles. The van der Waals surface area contributed by atoms with Crippen LogP contribution in [0.3, 0.4) is 0 Å². The van der Waals surface area contributed by atoms with Crippen LogP contribution in [-0.4, -0.2) is 36.1 Å². The van der Waals surface area contributed by atoms with Crippen molar-refractivity contribution < 1.29 is 0 Å². The first kappa shape index (κ1) is 14.0. The molecule has 0 aromatic carbocycles. The van der Waals surface area contributed by atoms with Crippen molar-refractivity contribution in [3.63, 3.8) is 0 Å². The predicted octanol–water partition coefficient (Wildman–Crippen LogP) is 3.03. The molecular formula is C14H30N2. The third kappa shape index (κ3) is 3.74. The Kier molecular flexibility index (Phi) is 6.37. The molecule has 1 saturated heterocycles. The molecule has 1 fully saturated rings. The zero-order valence-corrected chi connectivity index (χ0v) is 11.6. The maximum atomic E-state index is 3.67. The molecule has 3 unspecified atom stereocenters. The minimum absolute atomic E-state index is 0.689. The third-order valence-electron chi connectivity index (χ3n) is 4.03. The summed E-state index contributed by atoms with van der Waals surface area (Å²) in [6.45, 7) is 11.7. The molecule has 0 radical (unpaired) electrons. The van der Waals surface area contributed by atoms with Gasteiger partial charge in [0.1, 0.15) is 0 Å². The van der Waals surface area contributed by atoms with Crippen LogP contribution in [0.4, 0.5) is 0 Å². The van der Waals surface area contributed by atoms with Gasteiger partial charge in [-0.3, -0.25) is 4.90 Å². The molecule has 1 aliphatic rings. The highest BCUT2D eigenvalue weighted by atomic mass is 15.2. The van der Waals surface area contributed by atoms with Gasteiger partial charge in [0.05, 0.1) is 0 Å². The summed E-state index contributed by atoms with van der Waals surface area (Å²) in [6, 6.07) is 2.32. The average Bonchev–Trinajstić information content (AvgIpc) is 2.65. The molecule has 0 saturated carbocycles. The summed E-state index contributed by atoms with van der Waals surface area (Å²) in [7, 11) is 0. The number of nitrogens with zero attached hydrogens (tertiary/aromatic N) is 1. The van der Waals surface area contributed by atoms with Crippen molar-refractivity contribution in [3.05, 3.63) is 0 Å². The van der Waals surface area contributed by atoms with Crippen molar-refractivity contribution in [1.29, 1.82) is 0 Å². The van der Waals surface area contributed by atoms with E-state index in [4.69, 9.17) is 0 Å². The Labute approximate surface area is 102 Å². The predicted molar refractivity (Wildman–Crippen MR) is 71.9 cm³/mol. The lowest BCUT2D eigenvalue weighted by Crippen LogP contribution is -2.45. The largest absolute Gasteiger partial charge is 0.313 e. The van der Waals surface area contributed by atoms with Crippen molar-refractivity contribution >= 4 is 0 Å². The molecular weight excluding hydrogens is 196 g/mol. The highest BCUT2D eigenvalue weighted by molar-refractivity contribution is 4.86. The van der Waals surface area contributed by atoms with Gasteiger partial charge < -0.3 is 5.32 Å². The topological polar surface area (TPSA) is 15.3 Å². The second-order valence-electron chi connectivity index (χ2n) is 5.24. The van der Waals surface area contributed by atoms with Gasteiger partial charge >= 0.3 is 0 Å². The molecule has 96 valence electrons. The highest BCUT2D eigenvalue weighted by Gasteiger charge is 2.30. The van der Waals surface area contributed by atoms with Crippen LogP contribution in [0.2, 0.25) is 0 Å². The zero-order chi connectivity index (χ0) is 12.0. The number of hydrogen-bond donors (Lipinski definition) is 1. The first-order chi connectivity index (χ1) is 7.72. The minimum Gasteiger partial charge on any atom is -0.313 e. The smallest absolute Gasteiger partial charge is 0.0192 e. The fraction of sp³-hybridized carbons (Fsp3) is 1.00. The van der Waals surface area contributed by atoms with E-state index in [9.17, 15) is 0 Å².